The predicted octanol–water partition coefficient (Wildman–Crippen LogP) is 1.65. The van der Waals surface area contributed by atoms with Crippen molar-refractivity contribution in [3.05, 3.63) is 35.6 Å². The summed E-state index contributed by atoms with van der Waals surface area (Å²) in [4.78, 5) is 14.0. The summed E-state index contributed by atoms with van der Waals surface area (Å²) in [5.41, 5.74) is 0.558. The standard InChI is InChI=1S/C13H17FN2O/c1-15-12-3-2-8-16(9-12)13(17)10-4-6-11(14)7-5-10/h4-7,12,15H,2-3,8-9H2,1H3/t12-/m1/s1. The molecule has 3 nitrogen and oxygen atoms in total. The van der Waals surface area contributed by atoms with Crippen molar-refractivity contribution in [1.29, 1.82) is 0 Å². The zero-order valence-electron chi connectivity index (χ0n) is 9.95. The van der Waals surface area contributed by atoms with E-state index in [1.807, 2.05) is 11.9 Å². The van der Waals surface area contributed by atoms with Crippen molar-refractivity contribution < 1.29 is 9.18 Å². The fraction of sp³-hybridized carbons (Fsp3) is 0.462. The average molecular weight is 236 g/mol. The summed E-state index contributed by atoms with van der Waals surface area (Å²) in [6.45, 7) is 1.51. The number of carbonyl (C=O) groups excluding carboxylic acids is 1. The molecule has 0 unspecified atom stereocenters. The molecule has 1 aromatic carbocycles. The van der Waals surface area contributed by atoms with Crippen LogP contribution in [0.4, 0.5) is 4.39 Å². The highest BCUT2D eigenvalue weighted by Gasteiger charge is 2.23. The second-order valence-corrected chi connectivity index (χ2v) is 4.39. The number of nitrogens with one attached hydrogen (secondary N) is 1. The number of amides is 1. The lowest BCUT2D eigenvalue weighted by Crippen LogP contribution is -2.46. The van der Waals surface area contributed by atoms with Crippen molar-refractivity contribution in [3.8, 4) is 0 Å². The minimum Gasteiger partial charge on any atom is -0.337 e. The van der Waals surface area contributed by atoms with Gasteiger partial charge in [0, 0.05) is 24.7 Å². The van der Waals surface area contributed by atoms with Gasteiger partial charge in [0.2, 0.25) is 0 Å². The van der Waals surface area contributed by atoms with E-state index in [2.05, 4.69) is 5.32 Å². The van der Waals surface area contributed by atoms with Gasteiger partial charge in [-0.15, -0.1) is 0 Å². The van der Waals surface area contributed by atoms with Crippen molar-refractivity contribution in [1.82, 2.24) is 10.2 Å². The van der Waals surface area contributed by atoms with Crippen LogP contribution in [0.2, 0.25) is 0 Å². The molecule has 0 spiro atoms. The zero-order chi connectivity index (χ0) is 12.3. The molecule has 0 radical (unpaired) electrons. The maximum absolute atomic E-state index is 12.8. The molecule has 2 rings (SSSR count). The third-order valence-corrected chi connectivity index (χ3v) is 3.21. The van der Waals surface area contributed by atoms with Gasteiger partial charge in [0.15, 0.2) is 0 Å². The maximum atomic E-state index is 12.8. The lowest BCUT2D eigenvalue weighted by Gasteiger charge is -2.32. The van der Waals surface area contributed by atoms with E-state index in [4.69, 9.17) is 0 Å². The van der Waals surface area contributed by atoms with Gasteiger partial charge in [0.05, 0.1) is 0 Å². The third kappa shape index (κ3) is 2.82. The lowest BCUT2D eigenvalue weighted by atomic mass is 10.0. The summed E-state index contributed by atoms with van der Waals surface area (Å²) >= 11 is 0. The number of carbonyl (C=O) groups is 1. The highest BCUT2D eigenvalue weighted by Crippen LogP contribution is 2.14. The topological polar surface area (TPSA) is 32.3 Å². The Morgan fingerprint density at radius 1 is 1.41 bits per heavy atom. The number of hydrogen-bond acceptors (Lipinski definition) is 2. The highest BCUT2D eigenvalue weighted by molar-refractivity contribution is 5.94. The second-order valence-electron chi connectivity index (χ2n) is 4.39. The number of halogens is 1. The van der Waals surface area contributed by atoms with Gasteiger partial charge in [0.25, 0.3) is 5.91 Å². The Kier molecular flexibility index (Phi) is 3.74. The molecule has 92 valence electrons. The van der Waals surface area contributed by atoms with E-state index in [9.17, 15) is 9.18 Å². The molecule has 1 amide bonds. The number of likely N-dealkylation sites (N-methyl/N-ethyl adjacent to an activating group) is 1. The number of likely N-dealkylation sites (tertiary alicyclic amines) is 1. The fourth-order valence-corrected chi connectivity index (χ4v) is 2.17. The number of rotatable bonds is 2. The van der Waals surface area contributed by atoms with E-state index in [-0.39, 0.29) is 11.7 Å². The molecule has 0 aromatic heterocycles. The predicted molar refractivity (Wildman–Crippen MR) is 64.4 cm³/mol. The largest absolute Gasteiger partial charge is 0.337 e. The van der Waals surface area contributed by atoms with Gasteiger partial charge in [0.1, 0.15) is 5.82 Å². The minimum absolute atomic E-state index is 0.00931. The molecule has 1 aromatic rings. The first-order valence-electron chi connectivity index (χ1n) is 5.93. The smallest absolute Gasteiger partial charge is 0.253 e. The Morgan fingerprint density at radius 2 is 2.12 bits per heavy atom. The number of hydrogen-bond donors (Lipinski definition) is 1. The molecule has 4 heteroatoms. The van der Waals surface area contributed by atoms with Crippen LogP contribution >= 0.6 is 0 Å². The van der Waals surface area contributed by atoms with Crippen LogP contribution in [0.5, 0.6) is 0 Å². The Balaban J connectivity index is 2.06. The van der Waals surface area contributed by atoms with E-state index in [1.165, 1.54) is 12.1 Å². The Hall–Kier alpha value is -1.42. The summed E-state index contributed by atoms with van der Waals surface area (Å²) in [6, 6.07) is 6.11. The SMILES string of the molecule is CN[C@@H]1CCCN(C(=O)c2ccc(F)cc2)C1. The number of piperidine rings is 1. The van der Waals surface area contributed by atoms with Gasteiger partial charge in [-0.25, -0.2) is 4.39 Å². The normalized spacial score (nSPS) is 20.4. The molecule has 0 aliphatic carbocycles. The van der Waals surface area contributed by atoms with E-state index in [1.54, 1.807) is 12.1 Å². The highest BCUT2D eigenvalue weighted by atomic mass is 19.1. The molecule has 0 bridgehead atoms. The third-order valence-electron chi connectivity index (χ3n) is 3.21. The van der Waals surface area contributed by atoms with Crippen LogP contribution in [0.3, 0.4) is 0 Å². The monoisotopic (exact) mass is 236 g/mol. The van der Waals surface area contributed by atoms with Gasteiger partial charge in [-0.05, 0) is 44.2 Å². The van der Waals surface area contributed by atoms with Crippen molar-refractivity contribution in [2.45, 2.75) is 18.9 Å². The molecule has 1 saturated heterocycles. The van der Waals surface area contributed by atoms with Gasteiger partial charge >= 0.3 is 0 Å². The molecule has 1 aliphatic rings. The first-order chi connectivity index (χ1) is 8.20. The maximum Gasteiger partial charge on any atom is 0.253 e. The summed E-state index contributed by atoms with van der Waals surface area (Å²) in [5, 5.41) is 3.20. The quantitative estimate of drug-likeness (QED) is 0.846. The van der Waals surface area contributed by atoms with Crippen molar-refractivity contribution >= 4 is 5.91 Å². The van der Waals surface area contributed by atoms with Crippen LogP contribution in [-0.2, 0) is 0 Å². The molecule has 1 fully saturated rings. The molecule has 0 saturated carbocycles. The van der Waals surface area contributed by atoms with Crippen LogP contribution in [-0.4, -0.2) is 37.0 Å². The number of benzene rings is 1. The van der Waals surface area contributed by atoms with Crippen LogP contribution in [0, 0.1) is 5.82 Å². The Bertz CT molecular complexity index is 391. The van der Waals surface area contributed by atoms with Crippen LogP contribution in [0.25, 0.3) is 0 Å². The average Bonchev–Trinajstić information content (AvgIpc) is 2.39. The van der Waals surface area contributed by atoms with Gasteiger partial charge in [-0.3, -0.25) is 4.79 Å². The molecular formula is C13H17FN2O. The van der Waals surface area contributed by atoms with Crippen LogP contribution < -0.4 is 5.32 Å². The zero-order valence-corrected chi connectivity index (χ0v) is 9.95. The molecule has 1 N–H and O–H groups in total. The Morgan fingerprint density at radius 3 is 2.76 bits per heavy atom. The molecular weight excluding hydrogens is 219 g/mol. The summed E-state index contributed by atoms with van der Waals surface area (Å²) in [7, 11) is 1.91. The van der Waals surface area contributed by atoms with Crippen molar-refractivity contribution in [2.24, 2.45) is 0 Å². The van der Waals surface area contributed by atoms with Crippen LogP contribution in [0.1, 0.15) is 23.2 Å². The molecule has 1 heterocycles. The lowest BCUT2D eigenvalue weighted by molar-refractivity contribution is 0.0698. The van der Waals surface area contributed by atoms with E-state index in [0.29, 0.717) is 11.6 Å². The van der Waals surface area contributed by atoms with E-state index >= 15 is 0 Å². The first kappa shape index (κ1) is 12.0. The van der Waals surface area contributed by atoms with Gasteiger partial charge in [-0.1, -0.05) is 0 Å². The van der Waals surface area contributed by atoms with Crippen molar-refractivity contribution in [3.63, 3.8) is 0 Å². The number of nitrogens with zero attached hydrogens (tertiary/aromatic N) is 1. The Labute approximate surface area is 101 Å². The minimum atomic E-state index is -0.312. The van der Waals surface area contributed by atoms with Gasteiger partial charge < -0.3 is 10.2 Å². The molecule has 1 aliphatic heterocycles. The van der Waals surface area contributed by atoms with Crippen LogP contribution in [0.15, 0.2) is 24.3 Å². The summed E-state index contributed by atoms with van der Waals surface area (Å²) in [5.74, 6) is -0.321. The van der Waals surface area contributed by atoms with E-state index < -0.39 is 0 Å². The molecule has 17 heavy (non-hydrogen) atoms. The van der Waals surface area contributed by atoms with Crippen molar-refractivity contribution in [2.75, 3.05) is 20.1 Å². The first-order valence-corrected chi connectivity index (χ1v) is 5.93. The molecule has 1 atom stereocenters. The summed E-state index contributed by atoms with van der Waals surface area (Å²) < 4.78 is 12.8. The summed E-state index contributed by atoms with van der Waals surface area (Å²) in [6.07, 6.45) is 2.11. The van der Waals surface area contributed by atoms with Gasteiger partial charge in [-0.2, -0.15) is 0 Å². The second kappa shape index (κ2) is 5.27. The fourth-order valence-electron chi connectivity index (χ4n) is 2.17. The van der Waals surface area contributed by atoms with E-state index in [0.717, 1.165) is 25.9 Å².